The van der Waals surface area contributed by atoms with Crippen LogP contribution >= 0.6 is 0 Å². The summed E-state index contributed by atoms with van der Waals surface area (Å²) in [6.07, 6.45) is 1.47. The number of amides is 1. The number of carbonyl (C=O) groups is 1. The largest absolute Gasteiger partial charge is 0.459 e. The number of hydrogen-bond acceptors (Lipinski definition) is 6. The molecule has 0 bridgehead atoms. The summed E-state index contributed by atoms with van der Waals surface area (Å²) in [6, 6.07) is 18.9. The van der Waals surface area contributed by atoms with Crippen molar-refractivity contribution in [3.8, 4) is 6.07 Å². The molecule has 2 aromatic heterocycles. The van der Waals surface area contributed by atoms with Crippen molar-refractivity contribution in [2.24, 2.45) is 0 Å². The number of carbonyl (C=O) groups excluding carboxylic acids is 1. The van der Waals surface area contributed by atoms with Crippen LogP contribution in [0.25, 0.3) is 10.9 Å². The van der Waals surface area contributed by atoms with Gasteiger partial charge in [-0.05, 0) is 35.9 Å². The lowest BCUT2D eigenvalue weighted by Gasteiger charge is -2.36. The van der Waals surface area contributed by atoms with Crippen LogP contribution in [0.1, 0.15) is 21.7 Å². The highest BCUT2D eigenvalue weighted by Gasteiger charge is 2.27. The number of rotatable bonds is 4. The lowest BCUT2D eigenvalue weighted by atomic mass is 10.1. The molecule has 8 nitrogen and oxygen atoms in total. The second-order valence-corrected chi connectivity index (χ2v) is 8.13. The minimum absolute atomic E-state index is 0. The molecule has 1 fully saturated rings. The fourth-order valence-corrected chi connectivity index (χ4v) is 4.44. The van der Waals surface area contributed by atoms with Crippen LogP contribution in [0.3, 0.4) is 0 Å². The molecule has 1 saturated heterocycles. The molecule has 2 aromatic carbocycles. The molecule has 3 heterocycles. The van der Waals surface area contributed by atoms with Crippen molar-refractivity contribution in [1.29, 1.82) is 5.26 Å². The molecular formula is C26H24FN5O3. The van der Waals surface area contributed by atoms with Gasteiger partial charge in [0.05, 0.1) is 24.0 Å². The Kier molecular flexibility index (Phi) is 6.66. The zero-order valence-corrected chi connectivity index (χ0v) is 19.0. The van der Waals surface area contributed by atoms with E-state index in [4.69, 9.17) is 4.42 Å². The Morgan fingerprint density at radius 1 is 1.00 bits per heavy atom. The van der Waals surface area contributed by atoms with E-state index in [1.165, 1.54) is 18.4 Å². The quantitative estimate of drug-likeness (QED) is 0.482. The van der Waals surface area contributed by atoms with Gasteiger partial charge in [-0.25, -0.2) is 4.39 Å². The summed E-state index contributed by atoms with van der Waals surface area (Å²) in [5.41, 5.74) is 1.71. The number of halogens is 1. The molecule has 0 atom stereocenters. The van der Waals surface area contributed by atoms with Gasteiger partial charge in [0.2, 0.25) is 0 Å². The molecule has 4 aromatic rings. The van der Waals surface area contributed by atoms with E-state index in [1.807, 2.05) is 29.2 Å². The van der Waals surface area contributed by atoms with Gasteiger partial charge < -0.3 is 24.9 Å². The summed E-state index contributed by atoms with van der Waals surface area (Å²) in [6.45, 7) is 2.06. The second kappa shape index (κ2) is 9.83. The average Bonchev–Trinajstić information content (AvgIpc) is 3.41. The molecular weight excluding hydrogens is 449 g/mol. The summed E-state index contributed by atoms with van der Waals surface area (Å²) >= 11 is 0. The van der Waals surface area contributed by atoms with Crippen LogP contribution in [0.5, 0.6) is 0 Å². The molecule has 9 heteroatoms. The number of para-hydroxylation sites is 1. The highest BCUT2D eigenvalue weighted by Crippen LogP contribution is 2.30. The van der Waals surface area contributed by atoms with E-state index in [9.17, 15) is 19.2 Å². The van der Waals surface area contributed by atoms with Gasteiger partial charge in [0, 0.05) is 31.6 Å². The maximum atomic E-state index is 13.4. The minimum atomic E-state index is -0.394. The lowest BCUT2D eigenvalue weighted by molar-refractivity contribution is 0.0715. The Bertz CT molecular complexity index is 1450. The second-order valence-electron chi connectivity index (χ2n) is 8.13. The molecule has 3 N–H and O–H groups in total. The molecule has 5 rings (SSSR count). The number of nitriles is 1. The first-order valence-corrected chi connectivity index (χ1v) is 10.9. The van der Waals surface area contributed by atoms with E-state index in [2.05, 4.69) is 6.07 Å². The number of anilines is 1. The number of fused-ring (bicyclic) bond motifs is 1. The van der Waals surface area contributed by atoms with Crippen LogP contribution in [0.4, 0.5) is 10.1 Å². The van der Waals surface area contributed by atoms with Crippen molar-refractivity contribution < 1.29 is 13.6 Å². The summed E-state index contributed by atoms with van der Waals surface area (Å²) in [5.74, 6) is -0.233. The van der Waals surface area contributed by atoms with Gasteiger partial charge in [0.1, 0.15) is 17.4 Å². The summed E-state index contributed by atoms with van der Waals surface area (Å²) in [7, 11) is 0. The predicted octanol–water partition coefficient (Wildman–Crippen LogP) is 3.78. The number of furan rings is 1. The molecule has 0 aliphatic carbocycles. The number of hydrogen-bond donors (Lipinski definition) is 1. The van der Waals surface area contributed by atoms with E-state index >= 15 is 0 Å². The molecule has 1 aliphatic rings. The number of pyridine rings is 1. The smallest absolute Gasteiger partial charge is 0.289 e. The van der Waals surface area contributed by atoms with E-state index in [-0.39, 0.29) is 30.0 Å². The minimum Gasteiger partial charge on any atom is -0.459 e. The maximum Gasteiger partial charge on any atom is 0.289 e. The van der Waals surface area contributed by atoms with Gasteiger partial charge in [0.15, 0.2) is 5.76 Å². The topological polar surface area (TPSA) is 117 Å². The first-order chi connectivity index (χ1) is 16.6. The van der Waals surface area contributed by atoms with Crippen molar-refractivity contribution in [3.05, 3.63) is 100.0 Å². The maximum absolute atomic E-state index is 13.4. The van der Waals surface area contributed by atoms with Crippen molar-refractivity contribution in [1.82, 2.24) is 15.6 Å². The number of aromatic nitrogens is 1. The Balaban J connectivity index is 0.00000289. The first kappa shape index (κ1) is 23.7. The molecule has 0 saturated carbocycles. The van der Waals surface area contributed by atoms with Crippen LogP contribution < -0.4 is 16.6 Å². The monoisotopic (exact) mass is 473 g/mol. The normalized spacial score (nSPS) is 13.4. The molecule has 1 amide bonds. The van der Waals surface area contributed by atoms with Gasteiger partial charge in [-0.15, -0.1) is 0 Å². The Morgan fingerprint density at radius 2 is 1.71 bits per heavy atom. The van der Waals surface area contributed by atoms with Gasteiger partial charge in [-0.3, -0.25) is 9.59 Å². The third kappa shape index (κ3) is 4.39. The van der Waals surface area contributed by atoms with Crippen LogP contribution in [0, 0.1) is 17.1 Å². The van der Waals surface area contributed by atoms with E-state index in [0.29, 0.717) is 43.1 Å². The Labute approximate surface area is 201 Å². The van der Waals surface area contributed by atoms with Gasteiger partial charge in [0.25, 0.3) is 11.5 Å². The Hall–Kier alpha value is -4.42. The molecule has 0 unspecified atom stereocenters. The predicted molar refractivity (Wildman–Crippen MR) is 130 cm³/mol. The number of piperazine rings is 1. The highest BCUT2D eigenvalue weighted by atomic mass is 19.1. The number of nitrogens with zero attached hydrogens (tertiary/aromatic N) is 4. The summed E-state index contributed by atoms with van der Waals surface area (Å²) in [5, 5.41) is 10.7. The van der Waals surface area contributed by atoms with Gasteiger partial charge in [-0.2, -0.15) is 5.26 Å². The Morgan fingerprint density at radius 3 is 2.37 bits per heavy atom. The van der Waals surface area contributed by atoms with Crippen LogP contribution in [0.2, 0.25) is 0 Å². The molecule has 0 radical (unpaired) electrons. The zero-order valence-electron chi connectivity index (χ0n) is 19.0. The molecule has 35 heavy (non-hydrogen) atoms. The van der Waals surface area contributed by atoms with Crippen LogP contribution in [-0.4, -0.2) is 41.6 Å². The van der Waals surface area contributed by atoms with Crippen molar-refractivity contribution in [2.75, 3.05) is 31.1 Å². The summed E-state index contributed by atoms with van der Waals surface area (Å²) in [4.78, 5) is 29.8. The third-order valence-corrected chi connectivity index (χ3v) is 6.13. The lowest BCUT2D eigenvalue weighted by Crippen LogP contribution is -2.49. The third-order valence-electron chi connectivity index (χ3n) is 6.13. The zero-order chi connectivity index (χ0) is 23.7. The first-order valence-electron chi connectivity index (χ1n) is 10.9. The van der Waals surface area contributed by atoms with Crippen molar-refractivity contribution in [2.45, 2.75) is 6.54 Å². The summed E-state index contributed by atoms with van der Waals surface area (Å²) < 4.78 is 20.1. The SMILES string of the molecule is N.N#Cc1c(N2CCN(C(=O)c3ccco3)CC2)c2ccccc2n(Cc2ccc(F)cc2)c1=O. The van der Waals surface area contributed by atoms with Gasteiger partial charge in [-0.1, -0.05) is 30.3 Å². The van der Waals surface area contributed by atoms with Crippen LogP contribution in [0.15, 0.2) is 76.1 Å². The van der Waals surface area contributed by atoms with Crippen molar-refractivity contribution in [3.63, 3.8) is 0 Å². The van der Waals surface area contributed by atoms with E-state index in [0.717, 1.165) is 10.9 Å². The highest BCUT2D eigenvalue weighted by molar-refractivity contribution is 5.95. The molecule has 178 valence electrons. The van der Waals surface area contributed by atoms with Crippen LogP contribution in [-0.2, 0) is 6.54 Å². The van der Waals surface area contributed by atoms with E-state index < -0.39 is 5.56 Å². The fraction of sp³-hybridized carbons (Fsp3) is 0.192. The standard InChI is InChI=1S/C26H21FN4O3.H3N/c27-19-9-7-18(8-10-19)17-31-22-5-2-1-4-20(22)24(21(16-28)25(31)32)29-11-13-30(14-12-29)26(33)23-6-3-15-34-23;/h1-10,15H,11-14,17H2;1H3. The van der Waals surface area contributed by atoms with E-state index in [1.54, 1.807) is 33.7 Å². The van der Waals surface area contributed by atoms with Gasteiger partial charge >= 0.3 is 0 Å². The molecule has 0 spiro atoms. The van der Waals surface area contributed by atoms with Crippen molar-refractivity contribution >= 4 is 22.5 Å². The number of benzene rings is 2. The average molecular weight is 474 g/mol. The fourth-order valence-electron chi connectivity index (χ4n) is 4.44. The molecule has 1 aliphatic heterocycles.